The van der Waals surface area contributed by atoms with Gasteiger partial charge in [0.15, 0.2) is 0 Å². The Bertz CT molecular complexity index is 262. The molecular formula is C12H17N. The van der Waals surface area contributed by atoms with Crippen molar-refractivity contribution in [1.82, 2.24) is 5.32 Å². The van der Waals surface area contributed by atoms with E-state index in [1.807, 2.05) is 6.07 Å². The Labute approximate surface area is 80.5 Å². The van der Waals surface area contributed by atoms with Gasteiger partial charge in [-0.1, -0.05) is 48.9 Å². The molecule has 0 heterocycles. The summed E-state index contributed by atoms with van der Waals surface area (Å²) in [4.78, 5) is 0. The molecule has 0 bridgehead atoms. The average Bonchev–Trinajstić information content (AvgIpc) is 2.16. The summed E-state index contributed by atoms with van der Waals surface area (Å²) in [5.41, 5.74) is 2.64. The maximum absolute atomic E-state index is 3.30. The molecule has 0 radical (unpaired) electrons. The maximum atomic E-state index is 3.30. The molecule has 0 saturated carbocycles. The second kappa shape index (κ2) is 5.55. The van der Waals surface area contributed by atoms with Crippen LogP contribution in [0.3, 0.4) is 0 Å². The fourth-order valence-corrected chi connectivity index (χ4v) is 1.21. The molecule has 1 aromatic rings. The standard InChI is InChI=1S/C12H17N/c1-3-13-10-11(2)9-12-7-5-4-6-8-12/h4-9,13H,3,10H2,1-2H3/b11-9+. The second-order valence-corrected chi connectivity index (χ2v) is 3.18. The van der Waals surface area contributed by atoms with Gasteiger partial charge in [-0.2, -0.15) is 0 Å². The summed E-state index contributed by atoms with van der Waals surface area (Å²) in [5.74, 6) is 0. The second-order valence-electron chi connectivity index (χ2n) is 3.18. The highest BCUT2D eigenvalue weighted by atomic mass is 14.8. The van der Waals surface area contributed by atoms with E-state index in [0.717, 1.165) is 13.1 Å². The van der Waals surface area contributed by atoms with Crippen LogP contribution >= 0.6 is 0 Å². The van der Waals surface area contributed by atoms with Gasteiger partial charge in [-0.15, -0.1) is 0 Å². The van der Waals surface area contributed by atoms with Crippen molar-refractivity contribution >= 4 is 6.08 Å². The molecule has 1 N–H and O–H groups in total. The Morgan fingerprint density at radius 2 is 2.00 bits per heavy atom. The van der Waals surface area contributed by atoms with E-state index in [1.165, 1.54) is 11.1 Å². The number of likely N-dealkylation sites (N-methyl/N-ethyl adjacent to an activating group) is 1. The smallest absolute Gasteiger partial charge is 0.0165 e. The van der Waals surface area contributed by atoms with Crippen LogP contribution in [0.5, 0.6) is 0 Å². The van der Waals surface area contributed by atoms with Crippen molar-refractivity contribution in [2.75, 3.05) is 13.1 Å². The van der Waals surface area contributed by atoms with E-state index in [4.69, 9.17) is 0 Å². The first-order chi connectivity index (χ1) is 6.33. The summed E-state index contributed by atoms with van der Waals surface area (Å²) in [7, 11) is 0. The number of hydrogen-bond donors (Lipinski definition) is 1. The summed E-state index contributed by atoms with van der Waals surface area (Å²) in [5, 5.41) is 3.30. The maximum Gasteiger partial charge on any atom is 0.0165 e. The molecule has 0 fully saturated rings. The van der Waals surface area contributed by atoms with Gasteiger partial charge >= 0.3 is 0 Å². The molecule has 0 amide bonds. The van der Waals surface area contributed by atoms with Gasteiger partial charge in [-0.3, -0.25) is 0 Å². The molecule has 0 aliphatic carbocycles. The molecule has 1 heteroatoms. The van der Waals surface area contributed by atoms with Gasteiger partial charge in [0.2, 0.25) is 0 Å². The Hall–Kier alpha value is -1.08. The van der Waals surface area contributed by atoms with Gasteiger partial charge in [-0.05, 0) is 19.0 Å². The minimum Gasteiger partial charge on any atom is -0.313 e. The lowest BCUT2D eigenvalue weighted by Crippen LogP contribution is -2.14. The van der Waals surface area contributed by atoms with E-state index in [2.05, 4.69) is 49.5 Å². The molecule has 1 aromatic carbocycles. The lowest BCUT2D eigenvalue weighted by atomic mass is 10.1. The van der Waals surface area contributed by atoms with Gasteiger partial charge in [0.05, 0.1) is 0 Å². The molecule has 0 atom stereocenters. The highest BCUT2D eigenvalue weighted by Crippen LogP contribution is 2.04. The number of rotatable bonds is 4. The summed E-state index contributed by atoms with van der Waals surface area (Å²) in [6.45, 7) is 6.27. The fourth-order valence-electron chi connectivity index (χ4n) is 1.21. The minimum absolute atomic E-state index is 0.978. The molecule has 1 rings (SSSR count). The summed E-state index contributed by atoms with van der Waals surface area (Å²) >= 11 is 0. The van der Waals surface area contributed by atoms with E-state index < -0.39 is 0 Å². The van der Waals surface area contributed by atoms with Crippen molar-refractivity contribution in [3.05, 3.63) is 41.5 Å². The zero-order chi connectivity index (χ0) is 9.52. The Balaban J connectivity index is 2.55. The topological polar surface area (TPSA) is 12.0 Å². The summed E-state index contributed by atoms with van der Waals surface area (Å²) in [6, 6.07) is 10.4. The monoisotopic (exact) mass is 175 g/mol. The van der Waals surface area contributed by atoms with Crippen LogP contribution < -0.4 is 5.32 Å². The van der Waals surface area contributed by atoms with Crippen molar-refractivity contribution in [1.29, 1.82) is 0 Å². The van der Waals surface area contributed by atoms with Crippen molar-refractivity contribution in [2.45, 2.75) is 13.8 Å². The molecule has 13 heavy (non-hydrogen) atoms. The van der Waals surface area contributed by atoms with Crippen molar-refractivity contribution < 1.29 is 0 Å². The molecule has 0 aliphatic rings. The first-order valence-corrected chi connectivity index (χ1v) is 4.76. The van der Waals surface area contributed by atoms with Crippen LogP contribution in [-0.4, -0.2) is 13.1 Å². The fraction of sp³-hybridized carbons (Fsp3) is 0.333. The van der Waals surface area contributed by atoms with Crippen LogP contribution in [0.15, 0.2) is 35.9 Å². The van der Waals surface area contributed by atoms with Crippen molar-refractivity contribution in [3.8, 4) is 0 Å². The molecule has 0 saturated heterocycles. The largest absolute Gasteiger partial charge is 0.313 e. The van der Waals surface area contributed by atoms with Crippen LogP contribution in [0.25, 0.3) is 6.08 Å². The van der Waals surface area contributed by atoms with E-state index in [9.17, 15) is 0 Å². The zero-order valence-corrected chi connectivity index (χ0v) is 8.38. The van der Waals surface area contributed by atoms with E-state index >= 15 is 0 Å². The van der Waals surface area contributed by atoms with E-state index in [0.29, 0.717) is 0 Å². The van der Waals surface area contributed by atoms with Gasteiger partial charge in [-0.25, -0.2) is 0 Å². The van der Waals surface area contributed by atoms with Gasteiger partial charge in [0, 0.05) is 6.54 Å². The summed E-state index contributed by atoms with van der Waals surface area (Å²) in [6.07, 6.45) is 2.21. The third-order valence-corrected chi connectivity index (χ3v) is 1.87. The van der Waals surface area contributed by atoms with Gasteiger partial charge in [0.25, 0.3) is 0 Å². The number of hydrogen-bond acceptors (Lipinski definition) is 1. The predicted molar refractivity (Wildman–Crippen MR) is 58.6 cm³/mol. The number of benzene rings is 1. The molecule has 0 spiro atoms. The Morgan fingerprint density at radius 1 is 1.31 bits per heavy atom. The van der Waals surface area contributed by atoms with Crippen LogP contribution in [0.2, 0.25) is 0 Å². The molecule has 0 unspecified atom stereocenters. The lowest BCUT2D eigenvalue weighted by Gasteiger charge is -2.01. The first-order valence-electron chi connectivity index (χ1n) is 4.76. The third kappa shape index (κ3) is 3.90. The van der Waals surface area contributed by atoms with E-state index in [1.54, 1.807) is 0 Å². The van der Waals surface area contributed by atoms with Crippen LogP contribution in [0.4, 0.5) is 0 Å². The molecule has 0 aromatic heterocycles. The quantitative estimate of drug-likeness (QED) is 0.742. The molecular weight excluding hydrogens is 158 g/mol. The first kappa shape index (κ1) is 10.0. The SMILES string of the molecule is CCNC/C(C)=C/c1ccccc1. The Kier molecular flexibility index (Phi) is 4.27. The minimum atomic E-state index is 0.978. The molecule has 0 aliphatic heterocycles. The van der Waals surface area contributed by atoms with Crippen LogP contribution in [-0.2, 0) is 0 Å². The van der Waals surface area contributed by atoms with Crippen LogP contribution in [0.1, 0.15) is 19.4 Å². The highest BCUT2D eigenvalue weighted by molar-refractivity contribution is 5.52. The molecule has 70 valence electrons. The highest BCUT2D eigenvalue weighted by Gasteiger charge is 1.89. The Morgan fingerprint density at radius 3 is 2.62 bits per heavy atom. The van der Waals surface area contributed by atoms with Gasteiger partial charge < -0.3 is 5.32 Å². The number of nitrogens with one attached hydrogen (secondary N) is 1. The zero-order valence-electron chi connectivity index (χ0n) is 8.38. The predicted octanol–water partition coefficient (Wildman–Crippen LogP) is 2.70. The average molecular weight is 175 g/mol. The van der Waals surface area contributed by atoms with Gasteiger partial charge in [0.1, 0.15) is 0 Å². The van der Waals surface area contributed by atoms with Crippen molar-refractivity contribution in [2.24, 2.45) is 0 Å². The molecule has 1 nitrogen and oxygen atoms in total. The van der Waals surface area contributed by atoms with Crippen LogP contribution in [0, 0.1) is 0 Å². The third-order valence-electron chi connectivity index (χ3n) is 1.87. The lowest BCUT2D eigenvalue weighted by molar-refractivity contribution is 0.778. The van der Waals surface area contributed by atoms with Crippen molar-refractivity contribution in [3.63, 3.8) is 0 Å². The normalized spacial score (nSPS) is 11.7. The summed E-state index contributed by atoms with van der Waals surface area (Å²) < 4.78 is 0. The van der Waals surface area contributed by atoms with E-state index in [-0.39, 0.29) is 0 Å².